The molecule has 1 N–H and O–H groups in total. The molecule has 0 unspecified atom stereocenters. The molecule has 0 aliphatic carbocycles. The summed E-state index contributed by atoms with van der Waals surface area (Å²) in [4.78, 5) is 3.68. The van der Waals surface area contributed by atoms with Crippen LogP contribution in [0.1, 0.15) is 0 Å². The molecule has 0 saturated heterocycles. The summed E-state index contributed by atoms with van der Waals surface area (Å²) in [5, 5.41) is -0.0662. The second-order valence-corrected chi connectivity index (χ2v) is 5.64. The molecule has 5 nitrogen and oxygen atoms in total. The van der Waals surface area contributed by atoms with E-state index in [4.69, 9.17) is 16.3 Å². The van der Waals surface area contributed by atoms with Crippen LogP contribution in [0.15, 0.2) is 47.5 Å². The molecule has 1 aromatic carbocycles. The SMILES string of the molecule is COc1ccc(NS(=O)(=O)c2cccnc2Cl)cc1. The van der Waals surface area contributed by atoms with Gasteiger partial charge in [0.1, 0.15) is 15.8 Å². The number of methoxy groups -OCH3 is 1. The van der Waals surface area contributed by atoms with Crippen LogP contribution in [0.5, 0.6) is 5.75 Å². The fraction of sp³-hybridized carbons (Fsp3) is 0.0833. The molecule has 0 aliphatic rings. The Hall–Kier alpha value is -1.79. The minimum absolute atomic E-state index is 0.0625. The number of halogens is 1. The van der Waals surface area contributed by atoms with E-state index < -0.39 is 10.0 Å². The zero-order chi connectivity index (χ0) is 13.9. The highest BCUT2D eigenvalue weighted by atomic mass is 35.5. The van der Waals surface area contributed by atoms with Crippen LogP contribution in [-0.2, 0) is 10.0 Å². The van der Waals surface area contributed by atoms with Gasteiger partial charge < -0.3 is 4.74 Å². The topological polar surface area (TPSA) is 68.3 Å². The lowest BCUT2D eigenvalue weighted by atomic mass is 10.3. The summed E-state index contributed by atoms with van der Waals surface area (Å²) < 4.78 is 31.6. The van der Waals surface area contributed by atoms with Gasteiger partial charge in [0, 0.05) is 11.9 Å². The number of aromatic nitrogens is 1. The largest absolute Gasteiger partial charge is 0.497 e. The number of rotatable bonds is 4. The molecule has 0 amide bonds. The smallest absolute Gasteiger partial charge is 0.264 e. The van der Waals surface area contributed by atoms with Crippen molar-refractivity contribution in [1.29, 1.82) is 0 Å². The fourth-order valence-electron chi connectivity index (χ4n) is 1.44. The maximum absolute atomic E-state index is 12.1. The third-order valence-electron chi connectivity index (χ3n) is 2.36. The van der Waals surface area contributed by atoms with Gasteiger partial charge in [-0.25, -0.2) is 13.4 Å². The lowest BCUT2D eigenvalue weighted by molar-refractivity contribution is 0.415. The zero-order valence-electron chi connectivity index (χ0n) is 10.00. The molecule has 2 aromatic rings. The maximum Gasteiger partial charge on any atom is 0.264 e. The van der Waals surface area contributed by atoms with Crippen molar-refractivity contribution in [1.82, 2.24) is 4.98 Å². The van der Waals surface area contributed by atoms with Crippen LogP contribution < -0.4 is 9.46 Å². The second-order valence-electron chi connectivity index (χ2n) is 3.63. The lowest BCUT2D eigenvalue weighted by Gasteiger charge is -2.09. The molecule has 1 heterocycles. The number of benzene rings is 1. The number of hydrogen-bond acceptors (Lipinski definition) is 4. The molecule has 7 heteroatoms. The van der Waals surface area contributed by atoms with Gasteiger partial charge in [-0.15, -0.1) is 0 Å². The van der Waals surface area contributed by atoms with E-state index >= 15 is 0 Å². The summed E-state index contributed by atoms with van der Waals surface area (Å²) >= 11 is 5.77. The first-order valence-electron chi connectivity index (χ1n) is 5.30. The van der Waals surface area contributed by atoms with E-state index in [2.05, 4.69) is 9.71 Å². The van der Waals surface area contributed by atoms with Crippen molar-refractivity contribution in [3.05, 3.63) is 47.7 Å². The van der Waals surface area contributed by atoms with Crippen molar-refractivity contribution in [3.8, 4) is 5.75 Å². The molecule has 0 radical (unpaired) electrons. The summed E-state index contributed by atoms with van der Waals surface area (Å²) in [5.74, 6) is 0.641. The zero-order valence-corrected chi connectivity index (χ0v) is 11.6. The van der Waals surface area contributed by atoms with Crippen LogP contribution in [0, 0.1) is 0 Å². The average Bonchev–Trinajstić information content (AvgIpc) is 2.39. The Kier molecular flexibility index (Phi) is 3.92. The van der Waals surface area contributed by atoms with Gasteiger partial charge in [0.25, 0.3) is 10.0 Å². The summed E-state index contributed by atoms with van der Waals surface area (Å²) in [7, 11) is -2.21. The number of anilines is 1. The highest BCUT2D eigenvalue weighted by Crippen LogP contribution is 2.22. The lowest BCUT2D eigenvalue weighted by Crippen LogP contribution is -2.13. The number of hydrogen-bond donors (Lipinski definition) is 1. The van der Waals surface area contributed by atoms with Crippen molar-refractivity contribution >= 4 is 27.3 Å². The molecule has 2 rings (SSSR count). The van der Waals surface area contributed by atoms with E-state index in [0.717, 1.165) is 0 Å². The summed E-state index contributed by atoms with van der Waals surface area (Å²) in [6, 6.07) is 9.41. The number of ether oxygens (including phenoxy) is 1. The highest BCUT2D eigenvalue weighted by molar-refractivity contribution is 7.92. The van der Waals surface area contributed by atoms with Crippen LogP contribution in [0.2, 0.25) is 5.15 Å². The molecule has 100 valence electrons. The first-order valence-corrected chi connectivity index (χ1v) is 7.16. The van der Waals surface area contributed by atoms with E-state index in [1.165, 1.54) is 25.4 Å². The van der Waals surface area contributed by atoms with E-state index in [-0.39, 0.29) is 10.0 Å². The Morgan fingerprint density at radius 3 is 2.47 bits per heavy atom. The highest BCUT2D eigenvalue weighted by Gasteiger charge is 2.18. The maximum atomic E-state index is 12.1. The molecular formula is C12H11ClN2O3S. The van der Waals surface area contributed by atoms with Gasteiger partial charge >= 0.3 is 0 Å². The predicted octanol–water partition coefficient (Wildman–Crippen LogP) is 2.54. The Morgan fingerprint density at radius 2 is 1.89 bits per heavy atom. The number of nitrogens with zero attached hydrogens (tertiary/aromatic N) is 1. The molecule has 0 aliphatic heterocycles. The number of sulfonamides is 1. The molecule has 1 aromatic heterocycles. The van der Waals surface area contributed by atoms with Crippen LogP contribution in [0.3, 0.4) is 0 Å². The van der Waals surface area contributed by atoms with Gasteiger partial charge in [-0.2, -0.15) is 0 Å². The standard InChI is InChI=1S/C12H11ClN2O3S/c1-18-10-6-4-9(5-7-10)15-19(16,17)11-3-2-8-14-12(11)13/h2-8,15H,1H3. The van der Waals surface area contributed by atoms with Crippen LogP contribution in [-0.4, -0.2) is 20.5 Å². The third kappa shape index (κ3) is 3.15. The summed E-state index contributed by atoms with van der Waals surface area (Å²) in [6.07, 6.45) is 1.43. The van der Waals surface area contributed by atoms with Crippen LogP contribution in [0.4, 0.5) is 5.69 Å². The quantitative estimate of drug-likeness (QED) is 0.881. The second kappa shape index (κ2) is 5.46. The molecule has 0 bridgehead atoms. The molecule has 0 spiro atoms. The van der Waals surface area contributed by atoms with Crippen LogP contribution in [0.25, 0.3) is 0 Å². The van der Waals surface area contributed by atoms with Crippen molar-refractivity contribution in [3.63, 3.8) is 0 Å². The van der Waals surface area contributed by atoms with E-state index in [1.54, 1.807) is 24.3 Å². The fourth-order valence-corrected chi connectivity index (χ4v) is 2.95. The molecule has 0 fully saturated rings. The third-order valence-corrected chi connectivity index (χ3v) is 4.18. The Balaban J connectivity index is 2.28. The van der Waals surface area contributed by atoms with Crippen molar-refractivity contribution in [2.24, 2.45) is 0 Å². The first kappa shape index (κ1) is 13.6. The first-order chi connectivity index (χ1) is 9.03. The van der Waals surface area contributed by atoms with Gasteiger partial charge in [0.15, 0.2) is 0 Å². The van der Waals surface area contributed by atoms with E-state index in [0.29, 0.717) is 11.4 Å². The van der Waals surface area contributed by atoms with Gasteiger partial charge in [0.05, 0.1) is 7.11 Å². The summed E-state index contributed by atoms with van der Waals surface area (Å²) in [6.45, 7) is 0. The van der Waals surface area contributed by atoms with Gasteiger partial charge in [-0.05, 0) is 36.4 Å². The minimum Gasteiger partial charge on any atom is -0.497 e. The molecule has 0 saturated carbocycles. The molecule has 19 heavy (non-hydrogen) atoms. The molecule has 0 atom stereocenters. The van der Waals surface area contributed by atoms with Crippen molar-refractivity contribution in [2.75, 3.05) is 11.8 Å². The van der Waals surface area contributed by atoms with E-state index in [1.807, 2.05) is 0 Å². The Bertz CT molecular complexity index is 672. The average molecular weight is 299 g/mol. The predicted molar refractivity (Wildman–Crippen MR) is 73.0 cm³/mol. The van der Waals surface area contributed by atoms with Crippen LogP contribution >= 0.6 is 11.6 Å². The minimum atomic E-state index is -3.75. The van der Waals surface area contributed by atoms with E-state index in [9.17, 15) is 8.42 Å². The Morgan fingerprint density at radius 1 is 1.21 bits per heavy atom. The van der Waals surface area contributed by atoms with Gasteiger partial charge in [-0.1, -0.05) is 11.6 Å². The monoisotopic (exact) mass is 298 g/mol. The van der Waals surface area contributed by atoms with Crippen molar-refractivity contribution < 1.29 is 13.2 Å². The van der Waals surface area contributed by atoms with Crippen molar-refractivity contribution in [2.45, 2.75) is 4.90 Å². The van der Waals surface area contributed by atoms with Gasteiger partial charge in [0.2, 0.25) is 0 Å². The summed E-state index contributed by atoms with van der Waals surface area (Å²) in [5.41, 5.74) is 0.417. The number of pyridine rings is 1. The molecular weight excluding hydrogens is 288 g/mol. The number of nitrogens with one attached hydrogen (secondary N) is 1. The normalized spacial score (nSPS) is 11.1. The van der Waals surface area contributed by atoms with Gasteiger partial charge in [-0.3, -0.25) is 4.72 Å². The Labute approximate surface area is 116 Å².